The number of nitrogens with zero attached hydrogens (tertiary/aromatic N) is 1. The molecular weight excluding hydrogens is 402 g/mol. The number of carbonyl (C=O) groups is 2. The van der Waals surface area contributed by atoms with Crippen LogP contribution in [0.4, 0.5) is 21.9 Å². The van der Waals surface area contributed by atoms with E-state index in [0.29, 0.717) is 34.4 Å². The first kappa shape index (κ1) is 19.8. The van der Waals surface area contributed by atoms with Gasteiger partial charge in [-0.3, -0.25) is 4.79 Å². The van der Waals surface area contributed by atoms with Crippen LogP contribution in [0.5, 0.6) is 5.75 Å². The van der Waals surface area contributed by atoms with E-state index in [-0.39, 0.29) is 11.9 Å². The number of urea groups is 1. The van der Waals surface area contributed by atoms with E-state index in [1.165, 1.54) is 0 Å². The maximum absolute atomic E-state index is 12.8. The van der Waals surface area contributed by atoms with Gasteiger partial charge in [0.05, 0.1) is 12.2 Å². The van der Waals surface area contributed by atoms with E-state index in [1.807, 2.05) is 36.4 Å². The number of ether oxygens (including phenoxy) is 1. The molecule has 0 spiro atoms. The molecule has 3 aromatic rings. The van der Waals surface area contributed by atoms with E-state index in [0.717, 1.165) is 5.56 Å². The number of halogens is 1. The summed E-state index contributed by atoms with van der Waals surface area (Å²) in [6.45, 7) is 2.02. The number of carbonyl (C=O) groups excluding carboxylic acids is 2. The van der Waals surface area contributed by atoms with Gasteiger partial charge < -0.3 is 20.3 Å². The monoisotopic (exact) mass is 421 g/mol. The predicted octanol–water partition coefficient (Wildman–Crippen LogP) is 5.30. The molecule has 0 saturated carbocycles. The van der Waals surface area contributed by atoms with Crippen LogP contribution in [0.1, 0.15) is 12.5 Å². The second-order valence-corrected chi connectivity index (χ2v) is 7.31. The second kappa shape index (κ2) is 8.47. The van der Waals surface area contributed by atoms with Crippen LogP contribution in [0.2, 0.25) is 5.02 Å². The van der Waals surface area contributed by atoms with Crippen LogP contribution >= 0.6 is 11.6 Å². The van der Waals surface area contributed by atoms with Crippen LogP contribution in [0.15, 0.2) is 72.8 Å². The van der Waals surface area contributed by atoms with Crippen LogP contribution in [0.25, 0.3) is 0 Å². The van der Waals surface area contributed by atoms with E-state index in [2.05, 4.69) is 10.6 Å². The maximum atomic E-state index is 12.8. The van der Waals surface area contributed by atoms with E-state index in [1.54, 1.807) is 48.2 Å². The topological polar surface area (TPSA) is 70.7 Å². The standard InChI is InChI=1S/C23H20ClN3O3/c1-15-22(28)27(14-16-7-5-6-10-19(16)24)20-13-18(11-12-21(20)30-15)26-23(29)25-17-8-3-2-4-9-17/h2-13,15H,14H2,1H3,(H2,25,26,29). The molecule has 0 saturated heterocycles. The minimum atomic E-state index is -0.611. The van der Waals surface area contributed by atoms with Crippen molar-refractivity contribution in [1.82, 2.24) is 0 Å². The largest absolute Gasteiger partial charge is 0.479 e. The molecule has 0 fully saturated rings. The van der Waals surface area contributed by atoms with Gasteiger partial charge in [0.25, 0.3) is 5.91 Å². The van der Waals surface area contributed by atoms with Gasteiger partial charge in [0.1, 0.15) is 5.75 Å². The Morgan fingerprint density at radius 3 is 2.47 bits per heavy atom. The van der Waals surface area contributed by atoms with Crippen molar-refractivity contribution in [2.75, 3.05) is 15.5 Å². The van der Waals surface area contributed by atoms with Crippen molar-refractivity contribution in [3.8, 4) is 5.75 Å². The smallest absolute Gasteiger partial charge is 0.323 e. The van der Waals surface area contributed by atoms with E-state index in [9.17, 15) is 9.59 Å². The lowest BCUT2D eigenvalue weighted by molar-refractivity contribution is -0.125. The van der Waals surface area contributed by atoms with Gasteiger partial charge in [-0.25, -0.2) is 4.79 Å². The van der Waals surface area contributed by atoms with Crippen LogP contribution < -0.4 is 20.3 Å². The van der Waals surface area contributed by atoms with Crippen molar-refractivity contribution in [3.05, 3.63) is 83.4 Å². The predicted molar refractivity (Wildman–Crippen MR) is 118 cm³/mol. The molecule has 6 nitrogen and oxygen atoms in total. The molecule has 4 rings (SSSR count). The first-order chi connectivity index (χ1) is 14.5. The zero-order valence-electron chi connectivity index (χ0n) is 16.3. The molecule has 1 atom stereocenters. The highest BCUT2D eigenvalue weighted by Crippen LogP contribution is 2.37. The molecule has 0 radical (unpaired) electrons. The first-order valence-electron chi connectivity index (χ1n) is 9.50. The number of rotatable bonds is 4. The minimum Gasteiger partial charge on any atom is -0.479 e. The number of fused-ring (bicyclic) bond motifs is 1. The number of benzene rings is 3. The summed E-state index contributed by atoms with van der Waals surface area (Å²) in [6, 6.07) is 21.4. The molecule has 7 heteroatoms. The summed E-state index contributed by atoms with van der Waals surface area (Å²) in [7, 11) is 0. The van der Waals surface area contributed by atoms with Gasteiger partial charge in [-0.15, -0.1) is 0 Å². The van der Waals surface area contributed by atoms with Crippen molar-refractivity contribution < 1.29 is 14.3 Å². The molecule has 1 aliphatic heterocycles. The number of para-hydroxylation sites is 1. The zero-order valence-corrected chi connectivity index (χ0v) is 17.0. The highest BCUT2D eigenvalue weighted by molar-refractivity contribution is 6.31. The molecule has 30 heavy (non-hydrogen) atoms. The van der Waals surface area contributed by atoms with Crippen LogP contribution in [0.3, 0.4) is 0 Å². The summed E-state index contributed by atoms with van der Waals surface area (Å²) in [4.78, 5) is 26.8. The quantitative estimate of drug-likeness (QED) is 0.600. The number of hydrogen-bond donors (Lipinski definition) is 2. The number of anilines is 3. The zero-order chi connectivity index (χ0) is 21.1. The van der Waals surface area contributed by atoms with Crippen molar-refractivity contribution in [2.45, 2.75) is 19.6 Å². The van der Waals surface area contributed by atoms with Crippen LogP contribution in [0, 0.1) is 0 Å². The Labute approximate surface area is 179 Å². The second-order valence-electron chi connectivity index (χ2n) is 6.90. The minimum absolute atomic E-state index is 0.173. The van der Waals surface area contributed by atoms with Crippen LogP contribution in [-0.2, 0) is 11.3 Å². The molecule has 0 bridgehead atoms. The Morgan fingerprint density at radius 2 is 1.70 bits per heavy atom. The van der Waals surface area contributed by atoms with Gasteiger partial charge in [0.2, 0.25) is 0 Å². The molecule has 3 aromatic carbocycles. The summed E-state index contributed by atoms with van der Waals surface area (Å²) in [6.07, 6.45) is -0.611. The Bertz CT molecular complexity index is 1090. The molecule has 2 N–H and O–H groups in total. The van der Waals surface area contributed by atoms with Gasteiger partial charge >= 0.3 is 6.03 Å². The van der Waals surface area contributed by atoms with Gasteiger partial charge in [0, 0.05) is 16.4 Å². The highest BCUT2D eigenvalue weighted by atomic mass is 35.5. The molecule has 0 aromatic heterocycles. The summed E-state index contributed by atoms with van der Waals surface area (Å²) in [5, 5.41) is 6.14. The fourth-order valence-electron chi connectivity index (χ4n) is 3.26. The summed E-state index contributed by atoms with van der Waals surface area (Å²) >= 11 is 6.30. The van der Waals surface area contributed by atoms with Gasteiger partial charge in [-0.1, -0.05) is 48.0 Å². The molecule has 1 aliphatic rings. The highest BCUT2D eigenvalue weighted by Gasteiger charge is 2.32. The van der Waals surface area contributed by atoms with Crippen molar-refractivity contribution >= 4 is 40.6 Å². The Hall–Kier alpha value is -3.51. The van der Waals surface area contributed by atoms with Gasteiger partial charge in [-0.05, 0) is 48.9 Å². The van der Waals surface area contributed by atoms with E-state index >= 15 is 0 Å². The number of amides is 3. The fraction of sp³-hybridized carbons (Fsp3) is 0.130. The van der Waals surface area contributed by atoms with Crippen molar-refractivity contribution in [3.63, 3.8) is 0 Å². The lowest BCUT2D eigenvalue weighted by atomic mass is 10.1. The summed E-state index contributed by atoms with van der Waals surface area (Å²) in [5.74, 6) is 0.400. The third-order valence-electron chi connectivity index (χ3n) is 4.74. The van der Waals surface area contributed by atoms with E-state index < -0.39 is 6.10 Å². The normalized spacial score (nSPS) is 15.2. The third-order valence-corrected chi connectivity index (χ3v) is 5.11. The summed E-state index contributed by atoms with van der Waals surface area (Å²) in [5.41, 5.74) is 2.63. The van der Waals surface area contributed by atoms with Crippen molar-refractivity contribution in [1.29, 1.82) is 0 Å². The SMILES string of the molecule is CC1Oc2ccc(NC(=O)Nc3ccccc3)cc2N(Cc2ccccc2Cl)C1=O. The molecule has 1 heterocycles. The van der Waals surface area contributed by atoms with Gasteiger partial charge in [0.15, 0.2) is 6.10 Å². The van der Waals surface area contributed by atoms with Crippen molar-refractivity contribution in [2.24, 2.45) is 0 Å². The molecule has 152 valence electrons. The van der Waals surface area contributed by atoms with Crippen LogP contribution in [-0.4, -0.2) is 18.0 Å². The summed E-state index contributed by atoms with van der Waals surface area (Å²) < 4.78 is 5.75. The van der Waals surface area contributed by atoms with E-state index in [4.69, 9.17) is 16.3 Å². The molecule has 0 aliphatic carbocycles. The Kier molecular flexibility index (Phi) is 5.59. The average Bonchev–Trinajstić information content (AvgIpc) is 2.74. The fourth-order valence-corrected chi connectivity index (χ4v) is 3.46. The van der Waals surface area contributed by atoms with Gasteiger partial charge in [-0.2, -0.15) is 0 Å². The first-order valence-corrected chi connectivity index (χ1v) is 9.87. The molecular formula is C23H20ClN3O3. The Morgan fingerprint density at radius 1 is 1.00 bits per heavy atom. The average molecular weight is 422 g/mol. The molecule has 1 unspecified atom stereocenters. The number of nitrogens with one attached hydrogen (secondary N) is 2. The lowest BCUT2D eigenvalue weighted by Crippen LogP contribution is -2.44. The Balaban J connectivity index is 1.58. The number of hydrogen-bond acceptors (Lipinski definition) is 3. The third kappa shape index (κ3) is 4.23. The molecule has 3 amide bonds. The lowest BCUT2D eigenvalue weighted by Gasteiger charge is -2.33. The maximum Gasteiger partial charge on any atom is 0.323 e.